The van der Waals surface area contributed by atoms with Crippen molar-refractivity contribution in [3.05, 3.63) is 108 Å². The van der Waals surface area contributed by atoms with Gasteiger partial charge in [-0.15, -0.1) is 0 Å². The molecule has 2 heterocycles. The smallest absolute Gasteiger partial charge is 0.253 e. The highest BCUT2D eigenvalue weighted by molar-refractivity contribution is 7.90. The quantitative estimate of drug-likeness (QED) is 0.353. The van der Waals surface area contributed by atoms with Gasteiger partial charge in [0.2, 0.25) is 0 Å². The molecule has 192 valence electrons. The molecule has 1 aliphatic rings. The lowest BCUT2D eigenvalue weighted by atomic mass is 10.1. The number of rotatable bonds is 6. The summed E-state index contributed by atoms with van der Waals surface area (Å²) in [6, 6.07) is 25.3. The highest BCUT2D eigenvalue weighted by Crippen LogP contribution is 2.24. The Balaban J connectivity index is 0.00000164. The van der Waals surface area contributed by atoms with Crippen molar-refractivity contribution in [3.63, 3.8) is 0 Å². The van der Waals surface area contributed by atoms with Gasteiger partial charge in [0.15, 0.2) is 9.84 Å². The lowest BCUT2D eigenvalue weighted by molar-refractivity contribution is 0.0628. The molecule has 0 N–H and O–H groups in total. The predicted molar refractivity (Wildman–Crippen MR) is 148 cm³/mol. The van der Waals surface area contributed by atoms with Crippen LogP contribution in [-0.4, -0.2) is 55.3 Å². The zero-order chi connectivity index (χ0) is 27.1. The number of fused-ring (bicyclic) bond motifs is 1. The Labute approximate surface area is 220 Å². The van der Waals surface area contributed by atoms with E-state index in [0.717, 1.165) is 10.9 Å². The van der Waals surface area contributed by atoms with Crippen molar-refractivity contribution in [3.8, 4) is 0 Å². The second-order valence-electron chi connectivity index (χ2n) is 8.66. The summed E-state index contributed by atoms with van der Waals surface area (Å²) in [7, 11) is -3.61. The second kappa shape index (κ2) is 12.1. The number of aromatic nitrogens is 1. The van der Waals surface area contributed by atoms with E-state index in [4.69, 9.17) is 1.37 Å². The van der Waals surface area contributed by atoms with Crippen molar-refractivity contribution in [2.24, 2.45) is 0 Å². The van der Waals surface area contributed by atoms with Crippen LogP contribution in [0.15, 0.2) is 96.0 Å². The molecule has 1 aromatic heterocycles. The fourth-order valence-electron chi connectivity index (χ4n) is 4.35. The Kier molecular flexibility index (Phi) is 8.23. The number of carbonyl (C=O) groups excluding carboxylic acids is 1. The Hall–Kier alpha value is -3.55. The minimum absolute atomic E-state index is 0.0800. The molecule has 0 aliphatic carbocycles. The van der Waals surface area contributed by atoms with Crippen molar-refractivity contribution in [1.82, 2.24) is 14.8 Å². The Morgan fingerprint density at radius 3 is 2.22 bits per heavy atom. The number of benzene rings is 3. The number of hydrogen-bond donors (Lipinski definition) is 0. The van der Waals surface area contributed by atoms with E-state index in [0.29, 0.717) is 42.8 Å². The highest BCUT2D eigenvalue weighted by Gasteiger charge is 2.23. The van der Waals surface area contributed by atoms with Crippen LogP contribution in [0.4, 0.5) is 0 Å². The summed E-state index contributed by atoms with van der Waals surface area (Å²) in [6.07, 6.45) is 1.59. The van der Waals surface area contributed by atoms with Crippen molar-refractivity contribution >= 4 is 26.6 Å². The van der Waals surface area contributed by atoms with Crippen LogP contribution in [0, 0.1) is 0 Å². The van der Waals surface area contributed by atoms with E-state index in [9.17, 15) is 13.2 Å². The number of pyridine rings is 1. The Morgan fingerprint density at radius 2 is 1.51 bits per heavy atom. The molecule has 0 bridgehead atoms. The topological polar surface area (TPSA) is 70.6 Å². The summed E-state index contributed by atoms with van der Waals surface area (Å²) in [5, 5.41) is 0.778. The minimum atomic E-state index is -3.61. The molecule has 7 heteroatoms. The second-order valence-corrected chi connectivity index (χ2v) is 10.6. The first-order valence-electron chi connectivity index (χ1n) is 13.2. The molecule has 6 nitrogen and oxygen atoms in total. The van der Waals surface area contributed by atoms with Gasteiger partial charge < -0.3 is 4.90 Å². The van der Waals surface area contributed by atoms with Crippen LogP contribution in [-0.2, 0) is 22.1 Å². The van der Waals surface area contributed by atoms with Gasteiger partial charge in [-0.05, 0) is 35.4 Å². The maximum absolute atomic E-state index is 13.1. The average molecular weight is 517 g/mol. The zero-order valence-corrected chi connectivity index (χ0v) is 22.1. The molecule has 1 amide bonds. The largest absolute Gasteiger partial charge is 0.336 e. The number of piperazine rings is 1. The van der Waals surface area contributed by atoms with Crippen LogP contribution in [0.25, 0.3) is 10.9 Å². The molecule has 1 fully saturated rings. The summed E-state index contributed by atoms with van der Waals surface area (Å²) < 4.78 is 34.8. The molecule has 1 aliphatic heterocycles. The van der Waals surface area contributed by atoms with Gasteiger partial charge in [-0.2, -0.15) is 0 Å². The van der Waals surface area contributed by atoms with Crippen LogP contribution < -0.4 is 0 Å². The van der Waals surface area contributed by atoms with Crippen LogP contribution >= 0.6 is 0 Å². The number of amides is 1. The number of sulfone groups is 1. The van der Waals surface area contributed by atoms with Crippen LogP contribution in [0.5, 0.6) is 0 Å². The maximum Gasteiger partial charge on any atom is 0.253 e. The van der Waals surface area contributed by atoms with Gasteiger partial charge >= 0.3 is 0 Å². The first kappa shape index (κ1) is 25.1. The summed E-state index contributed by atoms with van der Waals surface area (Å²) in [6.45, 7) is 5.91. The van der Waals surface area contributed by atoms with Gasteiger partial charge in [0, 0.05) is 51.2 Å². The molecule has 0 radical (unpaired) electrons. The van der Waals surface area contributed by atoms with Crippen LogP contribution in [0.3, 0.4) is 0 Å². The average Bonchev–Trinajstić information content (AvgIpc) is 2.98. The SMILES string of the molecule is CC.[2H]C(c1ccccc1)N1CCN(C(=O)c2ccc(CS(=O)(=O)c3cccc4cccnc34)cc2)CC1. The summed E-state index contributed by atoms with van der Waals surface area (Å²) in [4.78, 5) is 21.4. The summed E-state index contributed by atoms with van der Waals surface area (Å²) >= 11 is 0. The summed E-state index contributed by atoms with van der Waals surface area (Å²) in [5.41, 5.74) is 2.56. The number of carbonyl (C=O) groups is 1. The molecular weight excluding hydrogens is 482 g/mol. The third-order valence-electron chi connectivity index (χ3n) is 6.22. The molecule has 4 aromatic rings. The van der Waals surface area contributed by atoms with Crippen molar-refractivity contribution in [2.45, 2.75) is 31.0 Å². The Bertz CT molecular complexity index is 1460. The first-order valence-corrected chi connectivity index (χ1v) is 14.2. The molecule has 1 saturated heterocycles. The molecule has 0 spiro atoms. The number of para-hydroxylation sites is 1. The maximum atomic E-state index is 13.1. The van der Waals surface area contributed by atoms with Crippen LogP contribution in [0.1, 0.15) is 36.7 Å². The van der Waals surface area contributed by atoms with Crippen molar-refractivity contribution in [1.29, 1.82) is 0 Å². The van der Waals surface area contributed by atoms with E-state index in [1.807, 2.05) is 56.3 Å². The van der Waals surface area contributed by atoms with E-state index in [2.05, 4.69) is 9.88 Å². The summed E-state index contributed by atoms with van der Waals surface area (Å²) in [5.74, 6) is -0.247. The third kappa shape index (κ3) is 6.42. The van der Waals surface area contributed by atoms with E-state index in [-0.39, 0.29) is 16.6 Å². The molecule has 5 rings (SSSR count). The molecule has 0 saturated carbocycles. The first-order chi connectivity index (χ1) is 18.4. The van der Waals surface area contributed by atoms with E-state index in [1.165, 1.54) is 0 Å². The van der Waals surface area contributed by atoms with E-state index < -0.39 is 16.4 Å². The molecular formula is C30H33N3O3S. The van der Waals surface area contributed by atoms with E-state index in [1.54, 1.807) is 53.6 Å². The molecule has 1 atom stereocenters. The van der Waals surface area contributed by atoms with E-state index >= 15 is 0 Å². The zero-order valence-electron chi connectivity index (χ0n) is 22.2. The minimum Gasteiger partial charge on any atom is -0.336 e. The lowest BCUT2D eigenvalue weighted by Crippen LogP contribution is -2.48. The van der Waals surface area contributed by atoms with Gasteiger partial charge in [0.25, 0.3) is 5.91 Å². The van der Waals surface area contributed by atoms with Gasteiger partial charge in [0.1, 0.15) is 0 Å². The highest BCUT2D eigenvalue weighted by atomic mass is 32.2. The standard InChI is InChI=1S/C28H27N3O3S.C2H6/c32-28(31-18-16-30(17-19-31)20-22-6-2-1-3-7-22)25-13-11-23(12-14-25)21-35(33,34)26-10-4-8-24-9-5-15-29-27(24)26;1-2/h1-15H,16-21H2;1-2H3/i20D;. The molecule has 1 unspecified atom stereocenters. The van der Waals surface area contributed by atoms with Gasteiger partial charge in [-0.25, -0.2) is 8.42 Å². The monoisotopic (exact) mass is 516 g/mol. The number of nitrogens with zero attached hydrogens (tertiary/aromatic N) is 3. The molecule has 3 aromatic carbocycles. The molecule has 37 heavy (non-hydrogen) atoms. The van der Waals surface area contributed by atoms with Gasteiger partial charge in [0.05, 0.1) is 16.2 Å². The number of hydrogen-bond acceptors (Lipinski definition) is 5. The third-order valence-corrected chi connectivity index (χ3v) is 7.93. The van der Waals surface area contributed by atoms with Crippen molar-refractivity contribution < 1.29 is 14.6 Å². The lowest BCUT2D eigenvalue weighted by Gasteiger charge is -2.34. The fraction of sp³-hybridized carbons (Fsp3) is 0.267. The normalized spacial score (nSPS) is 15.4. The van der Waals surface area contributed by atoms with Crippen molar-refractivity contribution in [2.75, 3.05) is 26.2 Å². The van der Waals surface area contributed by atoms with Gasteiger partial charge in [-0.3, -0.25) is 14.7 Å². The fourth-order valence-corrected chi connectivity index (χ4v) is 5.89. The van der Waals surface area contributed by atoms with Crippen LogP contribution in [0.2, 0.25) is 0 Å². The van der Waals surface area contributed by atoms with Gasteiger partial charge in [-0.1, -0.05) is 74.5 Å². The Morgan fingerprint density at radius 1 is 0.838 bits per heavy atom. The predicted octanol–water partition coefficient (Wildman–Crippen LogP) is 5.19.